The summed E-state index contributed by atoms with van der Waals surface area (Å²) in [7, 11) is 0. The van der Waals surface area contributed by atoms with Crippen molar-refractivity contribution in [1.29, 1.82) is 0 Å². The van der Waals surface area contributed by atoms with Crippen LogP contribution in [-0.2, 0) is 0 Å². The van der Waals surface area contributed by atoms with E-state index >= 15 is 0 Å². The third kappa shape index (κ3) is 3.34. The number of urea groups is 1. The van der Waals surface area contributed by atoms with Gasteiger partial charge >= 0.3 is 6.03 Å². The first kappa shape index (κ1) is 19.6. The van der Waals surface area contributed by atoms with Gasteiger partial charge in [-0.3, -0.25) is 14.7 Å². The number of benzene rings is 1. The fourth-order valence-corrected chi connectivity index (χ4v) is 5.11. The molecule has 3 aromatic heterocycles. The van der Waals surface area contributed by atoms with Crippen molar-refractivity contribution in [2.45, 2.75) is 0 Å². The maximum atomic E-state index is 13.3. The largest absolute Gasteiger partial charge is 0.331 e. The molecule has 0 fully saturated rings. The van der Waals surface area contributed by atoms with Crippen molar-refractivity contribution in [3.8, 4) is 11.3 Å². The normalized spacial score (nSPS) is 14.8. The van der Waals surface area contributed by atoms with Gasteiger partial charge < -0.3 is 16.0 Å². The number of carbonyl (C=O) groups excluding carboxylic acids is 2. The molecule has 5 heterocycles. The Labute approximate surface area is 193 Å². The number of hydrogen-bond acceptors (Lipinski definition) is 6. The Bertz CT molecular complexity index is 1450. The SMILES string of the molecule is O=C(NC1=CCNC1)c1sc2nccc3c2c1NC(=O)N3c1ccnc(-c2ccccc2)c1. The summed E-state index contributed by atoms with van der Waals surface area (Å²) >= 11 is 1.27. The number of carbonyl (C=O) groups is 2. The minimum absolute atomic E-state index is 0.252. The second kappa shape index (κ2) is 7.80. The lowest BCUT2D eigenvalue weighted by Crippen LogP contribution is -2.34. The van der Waals surface area contributed by atoms with Crippen LogP contribution in [0.15, 0.2) is 72.7 Å². The van der Waals surface area contributed by atoms with E-state index < -0.39 is 0 Å². The Morgan fingerprint density at radius 2 is 1.94 bits per heavy atom. The van der Waals surface area contributed by atoms with Gasteiger partial charge in [0.05, 0.1) is 28.1 Å². The molecule has 9 heteroatoms. The molecule has 3 amide bonds. The van der Waals surface area contributed by atoms with Crippen LogP contribution in [0.4, 0.5) is 21.9 Å². The van der Waals surface area contributed by atoms with Gasteiger partial charge in [0.2, 0.25) is 0 Å². The zero-order chi connectivity index (χ0) is 22.4. The molecule has 33 heavy (non-hydrogen) atoms. The topological polar surface area (TPSA) is 99.2 Å². The van der Waals surface area contributed by atoms with Gasteiger partial charge in [-0.15, -0.1) is 11.3 Å². The van der Waals surface area contributed by atoms with Crippen LogP contribution in [-0.4, -0.2) is 35.0 Å². The highest BCUT2D eigenvalue weighted by molar-refractivity contribution is 7.21. The quantitative estimate of drug-likeness (QED) is 0.428. The lowest BCUT2D eigenvalue weighted by molar-refractivity contribution is 0.0970. The number of nitrogens with zero attached hydrogens (tertiary/aromatic N) is 3. The number of aromatic nitrogens is 2. The van der Waals surface area contributed by atoms with Crippen molar-refractivity contribution in [3.05, 3.63) is 77.6 Å². The van der Waals surface area contributed by atoms with Crippen LogP contribution in [0.2, 0.25) is 0 Å². The van der Waals surface area contributed by atoms with Crippen molar-refractivity contribution in [1.82, 2.24) is 20.6 Å². The monoisotopic (exact) mass is 454 g/mol. The van der Waals surface area contributed by atoms with Crippen LogP contribution in [0.3, 0.4) is 0 Å². The van der Waals surface area contributed by atoms with Crippen molar-refractivity contribution in [2.24, 2.45) is 0 Å². The van der Waals surface area contributed by atoms with Gasteiger partial charge in [-0.2, -0.15) is 0 Å². The molecule has 0 saturated carbocycles. The Balaban J connectivity index is 1.44. The van der Waals surface area contributed by atoms with Crippen LogP contribution in [0.25, 0.3) is 21.5 Å². The van der Waals surface area contributed by atoms with Crippen LogP contribution in [0.5, 0.6) is 0 Å². The fraction of sp³-hybridized carbons (Fsp3) is 0.0833. The molecule has 162 valence electrons. The average Bonchev–Trinajstić information content (AvgIpc) is 3.49. The molecule has 3 N–H and O–H groups in total. The molecule has 0 saturated heterocycles. The summed E-state index contributed by atoms with van der Waals surface area (Å²) in [5.41, 5.74) is 4.41. The molecular weight excluding hydrogens is 436 g/mol. The van der Waals surface area contributed by atoms with Gasteiger partial charge in [-0.05, 0) is 24.3 Å². The highest BCUT2D eigenvalue weighted by Gasteiger charge is 2.33. The predicted molar refractivity (Wildman–Crippen MR) is 129 cm³/mol. The molecule has 2 aliphatic heterocycles. The zero-order valence-electron chi connectivity index (χ0n) is 17.3. The minimum Gasteiger partial charge on any atom is -0.324 e. The van der Waals surface area contributed by atoms with Crippen LogP contribution in [0, 0.1) is 0 Å². The fourth-order valence-electron chi connectivity index (χ4n) is 4.10. The molecule has 2 aliphatic rings. The van der Waals surface area contributed by atoms with Crippen molar-refractivity contribution in [2.75, 3.05) is 23.3 Å². The maximum Gasteiger partial charge on any atom is 0.331 e. The summed E-state index contributed by atoms with van der Waals surface area (Å²) in [4.78, 5) is 37.9. The zero-order valence-corrected chi connectivity index (χ0v) is 18.1. The van der Waals surface area contributed by atoms with E-state index in [1.807, 2.05) is 42.5 Å². The smallest absolute Gasteiger partial charge is 0.324 e. The summed E-state index contributed by atoms with van der Waals surface area (Å²) in [6, 6.07) is 14.9. The van der Waals surface area contributed by atoms with Gasteiger partial charge in [0.1, 0.15) is 9.71 Å². The Morgan fingerprint density at radius 3 is 2.76 bits per heavy atom. The third-order valence-electron chi connectivity index (χ3n) is 5.61. The molecule has 0 bridgehead atoms. The summed E-state index contributed by atoms with van der Waals surface area (Å²) in [5, 5.41) is 9.76. The molecule has 0 unspecified atom stereocenters. The van der Waals surface area contributed by atoms with E-state index in [4.69, 9.17) is 0 Å². The van der Waals surface area contributed by atoms with Gasteiger partial charge in [0.15, 0.2) is 0 Å². The summed E-state index contributed by atoms with van der Waals surface area (Å²) in [6.45, 7) is 1.34. The molecule has 0 spiro atoms. The number of amides is 3. The molecule has 0 radical (unpaired) electrons. The van der Waals surface area contributed by atoms with Crippen LogP contribution < -0.4 is 20.9 Å². The number of anilines is 3. The van der Waals surface area contributed by atoms with Crippen molar-refractivity contribution < 1.29 is 9.59 Å². The second-order valence-electron chi connectivity index (χ2n) is 7.66. The van der Waals surface area contributed by atoms with E-state index in [-0.39, 0.29) is 11.9 Å². The summed E-state index contributed by atoms with van der Waals surface area (Å²) < 4.78 is 0. The Kier molecular flexibility index (Phi) is 4.63. The summed E-state index contributed by atoms with van der Waals surface area (Å²) in [6.07, 6.45) is 5.29. The standard InChI is InChI=1S/C24H18N6O2S/c31-22(28-15-6-9-25-13-15)21-20-19-18(8-11-27-23(19)33-21)30(24(32)29-20)16-7-10-26-17(12-16)14-4-2-1-3-5-14/h1-8,10-12,25H,9,13H2,(H,28,31)(H,29,32). The first-order valence-corrected chi connectivity index (χ1v) is 11.3. The van der Waals surface area contributed by atoms with E-state index in [2.05, 4.69) is 25.9 Å². The van der Waals surface area contributed by atoms with Crippen LogP contribution >= 0.6 is 11.3 Å². The molecule has 0 atom stereocenters. The maximum absolute atomic E-state index is 13.3. The molecule has 8 nitrogen and oxygen atoms in total. The van der Waals surface area contributed by atoms with Crippen molar-refractivity contribution >= 4 is 50.6 Å². The van der Waals surface area contributed by atoms with E-state index in [1.165, 1.54) is 11.3 Å². The van der Waals surface area contributed by atoms with E-state index in [0.29, 0.717) is 33.3 Å². The highest BCUT2D eigenvalue weighted by atomic mass is 32.1. The Morgan fingerprint density at radius 1 is 1.09 bits per heavy atom. The number of hydrogen-bond donors (Lipinski definition) is 3. The average molecular weight is 455 g/mol. The number of nitrogens with one attached hydrogen (secondary N) is 3. The summed E-state index contributed by atoms with van der Waals surface area (Å²) in [5.74, 6) is -0.252. The third-order valence-corrected chi connectivity index (χ3v) is 6.70. The second-order valence-corrected chi connectivity index (χ2v) is 8.66. The molecule has 4 aromatic rings. The highest BCUT2D eigenvalue weighted by Crippen LogP contribution is 2.45. The van der Waals surface area contributed by atoms with E-state index in [0.717, 1.165) is 28.9 Å². The number of thiophene rings is 1. The first-order chi connectivity index (χ1) is 16.2. The molecular formula is C24H18N6O2S. The first-order valence-electron chi connectivity index (χ1n) is 10.4. The van der Waals surface area contributed by atoms with E-state index in [9.17, 15) is 9.59 Å². The van der Waals surface area contributed by atoms with E-state index in [1.54, 1.807) is 29.4 Å². The van der Waals surface area contributed by atoms with Crippen LogP contribution in [0.1, 0.15) is 9.67 Å². The predicted octanol–water partition coefficient (Wildman–Crippen LogP) is 4.26. The number of rotatable bonds is 4. The lowest BCUT2D eigenvalue weighted by atomic mass is 10.1. The van der Waals surface area contributed by atoms with Gasteiger partial charge in [0.25, 0.3) is 5.91 Å². The number of pyridine rings is 2. The minimum atomic E-state index is -0.339. The lowest BCUT2D eigenvalue weighted by Gasteiger charge is -2.28. The molecule has 0 aliphatic carbocycles. The molecule has 6 rings (SSSR count). The van der Waals surface area contributed by atoms with Gasteiger partial charge in [0, 0.05) is 36.7 Å². The molecule has 1 aromatic carbocycles. The Hall–Kier alpha value is -4.08. The van der Waals surface area contributed by atoms with Gasteiger partial charge in [-0.1, -0.05) is 30.3 Å². The van der Waals surface area contributed by atoms with Gasteiger partial charge in [-0.25, -0.2) is 9.78 Å². The van der Waals surface area contributed by atoms with Crippen molar-refractivity contribution in [3.63, 3.8) is 0 Å².